The standard InChI is InChI=1S/C24H25ClN6S/c1-31-11-9-19(30-31)22-21(17-12-16-8-5-10-27-20(16)18(25)13-17)29-24(23(26)28-22)32-14-15-6-3-2-4-7-15/h5,8-13,15H,2-4,6-7,14H2,1H3,(H2,26,28). The summed E-state index contributed by atoms with van der Waals surface area (Å²) in [6.45, 7) is 0. The van der Waals surface area contributed by atoms with Crippen LogP contribution < -0.4 is 5.73 Å². The first-order chi connectivity index (χ1) is 15.6. The predicted octanol–water partition coefficient (Wildman–Crippen LogP) is 6.00. The number of rotatable bonds is 5. The molecule has 0 spiro atoms. The highest BCUT2D eigenvalue weighted by molar-refractivity contribution is 7.99. The minimum Gasteiger partial charge on any atom is -0.381 e. The van der Waals surface area contributed by atoms with E-state index in [0.29, 0.717) is 16.5 Å². The Bertz CT molecular complexity index is 1260. The molecule has 1 fully saturated rings. The third kappa shape index (κ3) is 4.32. The zero-order valence-electron chi connectivity index (χ0n) is 18.0. The normalized spacial score (nSPS) is 14.8. The first-order valence-electron chi connectivity index (χ1n) is 10.9. The molecule has 0 bridgehead atoms. The molecular formula is C24H25ClN6S. The summed E-state index contributed by atoms with van der Waals surface area (Å²) < 4.78 is 1.75. The molecule has 0 amide bonds. The van der Waals surface area contributed by atoms with Gasteiger partial charge in [0, 0.05) is 36.1 Å². The molecule has 1 aromatic carbocycles. The molecule has 32 heavy (non-hydrogen) atoms. The molecule has 5 rings (SSSR count). The van der Waals surface area contributed by atoms with Crippen molar-refractivity contribution in [3.05, 3.63) is 47.7 Å². The quantitative estimate of drug-likeness (QED) is 0.364. The number of benzene rings is 1. The number of nitrogens with two attached hydrogens (primary N) is 1. The summed E-state index contributed by atoms with van der Waals surface area (Å²) in [6, 6.07) is 9.78. The van der Waals surface area contributed by atoms with Gasteiger partial charge in [-0.25, -0.2) is 9.97 Å². The average molecular weight is 465 g/mol. The van der Waals surface area contributed by atoms with Crippen molar-refractivity contribution >= 4 is 40.1 Å². The van der Waals surface area contributed by atoms with Crippen LogP contribution in [0.15, 0.2) is 47.8 Å². The Morgan fingerprint density at radius 3 is 2.75 bits per heavy atom. The molecule has 8 heteroatoms. The summed E-state index contributed by atoms with van der Waals surface area (Å²) in [5.41, 5.74) is 10.2. The van der Waals surface area contributed by atoms with Crippen LogP contribution in [0.1, 0.15) is 32.1 Å². The van der Waals surface area contributed by atoms with Crippen LogP contribution in [0.25, 0.3) is 33.5 Å². The number of aromatic nitrogens is 5. The molecule has 4 aromatic rings. The number of aryl methyl sites for hydroxylation is 1. The summed E-state index contributed by atoms with van der Waals surface area (Å²) >= 11 is 8.30. The van der Waals surface area contributed by atoms with Crippen LogP contribution in [0, 0.1) is 5.92 Å². The van der Waals surface area contributed by atoms with Gasteiger partial charge < -0.3 is 5.73 Å². The molecule has 2 N–H and O–H groups in total. The van der Waals surface area contributed by atoms with Crippen molar-refractivity contribution in [3.8, 4) is 22.6 Å². The van der Waals surface area contributed by atoms with Gasteiger partial charge in [-0.15, -0.1) is 11.8 Å². The van der Waals surface area contributed by atoms with Crippen molar-refractivity contribution in [2.45, 2.75) is 37.1 Å². The lowest BCUT2D eigenvalue weighted by Crippen LogP contribution is -2.10. The van der Waals surface area contributed by atoms with E-state index in [1.54, 1.807) is 22.6 Å². The molecule has 164 valence electrons. The van der Waals surface area contributed by atoms with Crippen LogP contribution in [0.4, 0.5) is 5.82 Å². The molecule has 1 saturated carbocycles. The minimum absolute atomic E-state index is 0.448. The number of nitrogens with zero attached hydrogens (tertiary/aromatic N) is 5. The van der Waals surface area contributed by atoms with Crippen LogP contribution in [0.2, 0.25) is 5.02 Å². The zero-order chi connectivity index (χ0) is 22.1. The van der Waals surface area contributed by atoms with Crippen LogP contribution in [-0.4, -0.2) is 30.5 Å². The Morgan fingerprint density at radius 2 is 1.97 bits per heavy atom. The molecule has 0 radical (unpaired) electrons. The zero-order valence-corrected chi connectivity index (χ0v) is 19.5. The van der Waals surface area contributed by atoms with Gasteiger partial charge in [-0.2, -0.15) is 5.10 Å². The Balaban J connectivity index is 1.59. The van der Waals surface area contributed by atoms with Gasteiger partial charge in [-0.1, -0.05) is 36.9 Å². The van der Waals surface area contributed by atoms with Gasteiger partial charge in [0.05, 0.1) is 16.2 Å². The van der Waals surface area contributed by atoms with E-state index in [4.69, 9.17) is 27.3 Å². The SMILES string of the molecule is Cn1ccc(-c2nc(N)c(SCC3CCCCC3)nc2-c2cc(Cl)c3ncccc3c2)n1. The summed E-state index contributed by atoms with van der Waals surface area (Å²) in [6.07, 6.45) is 10.2. The molecule has 3 heterocycles. The average Bonchev–Trinajstić information content (AvgIpc) is 3.25. The van der Waals surface area contributed by atoms with E-state index in [0.717, 1.165) is 44.6 Å². The number of pyridine rings is 1. The minimum atomic E-state index is 0.448. The van der Waals surface area contributed by atoms with E-state index in [1.165, 1.54) is 32.1 Å². The largest absolute Gasteiger partial charge is 0.381 e. The molecule has 0 unspecified atom stereocenters. The molecule has 0 atom stereocenters. The van der Waals surface area contributed by atoms with Crippen molar-refractivity contribution in [2.24, 2.45) is 13.0 Å². The third-order valence-corrected chi connectivity index (χ3v) is 7.46. The fraction of sp³-hybridized carbons (Fsp3) is 0.333. The Kier molecular flexibility index (Phi) is 6.02. The molecule has 3 aromatic heterocycles. The fourth-order valence-corrected chi connectivity index (χ4v) is 5.65. The lowest BCUT2D eigenvalue weighted by molar-refractivity contribution is 0.391. The molecule has 1 aliphatic carbocycles. The fourth-order valence-electron chi connectivity index (χ4n) is 4.30. The summed E-state index contributed by atoms with van der Waals surface area (Å²) in [5.74, 6) is 2.18. The van der Waals surface area contributed by atoms with E-state index in [-0.39, 0.29) is 0 Å². The highest BCUT2D eigenvalue weighted by atomic mass is 35.5. The van der Waals surface area contributed by atoms with Crippen LogP contribution in [0.3, 0.4) is 0 Å². The highest BCUT2D eigenvalue weighted by Crippen LogP contribution is 2.37. The highest BCUT2D eigenvalue weighted by Gasteiger charge is 2.20. The summed E-state index contributed by atoms with van der Waals surface area (Å²) in [5, 5.41) is 6.86. The molecular weight excluding hydrogens is 440 g/mol. The molecule has 1 aliphatic rings. The number of halogens is 1. The number of hydrogen-bond acceptors (Lipinski definition) is 6. The lowest BCUT2D eigenvalue weighted by atomic mass is 9.91. The Morgan fingerprint density at radius 1 is 1.12 bits per heavy atom. The van der Waals surface area contributed by atoms with Gasteiger partial charge >= 0.3 is 0 Å². The van der Waals surface area contributed by atoms with E-state index < -0.39 is 0 Å². The topological polar surface area (TPSA) is 82.5 Å². The van der Waals surface area contributed by atoms with Crippen molar-refractivity contribution in [1.82, 2.24) is 24.7 Å². The molecule has 0 saturated heterocycles. The number of fused-ring (bicyclic) bond motifs is 1. The van der Waals surface area contributed by atoms with Crippen molar-refractivity contribution < 1.29 is 0 Å². The smallest absolute Gasteiger partial charge is 0.156 e. The van der Waals surface area contributed by atoms with Gasteiger partial charge in [0.15, 0.2) is 5.82 Å². The maximum absolute atomic E-state index is 6.59. The van der Waals surface area contributed by atoms with E-state index in [9.17, 15) is 0 Å². The van der Waals surface area contributed by atoms with Gasteiger partial charge in [0.25, 0.3) is 0 Å². The molecule has 0 aliphatic heterocycles. The second-order valence-corrected chi connectivity index (χ2v) is 9.75. The van der Waals surface area contributed by atoms with Crippen LogP contribution in [0.5, 0.6) is 0 Å². The maximum Gasteiger partial charge on any atom is 0.156 e. The van der Waals surface area contributed by atoms with Crippen molar-refractivity contribution in [1.29, 1.82) is 0 Å². The number of thioether (sulfide) groups is 1. The maximum atomic E-state index is 6.59. The van der Waals surface area contributed by atoms with Crippen LogP contribution in [-0.2, 0) is 7.05 Å². The van der Waals surface area contributed by atoms with E-state index in [1.807, 2.05) is 37.5 Å². The second-order valence-electron chi connectivity index (χ2n) is 8.33. The summed E-state index contributed by atoms with van der Waals surface area (Å²) in [7, 11) is 1.88. The monoisotopic (exact) mass is 464 g/mol. The van der Waals surface area contributed by atoms with Crippen molar-refractivity contribution in [2.75, 3.05) is 11.5 Å². The Labute approximate surface area is 196 Å². The molecule has 6 nitrogen and oxygen atoms in total. The van der Waals surface area contributed by atoms with Crippen LogP contribution >= 0.6 is 23.4 Å². The lowest BCUT2D eigenvalue weighted by Gasteiger charge is -2.21. The number of nitrogen functional groups attached to an aromatic ring is 1. The predicted molar refractivity (Wildman–Crippen MR) is 132 cm³/mol. The number of anilines is 1. The second kappa shape index (κ2) is 9.08. The van der Waals surface area contributed by atoms with E-state index in [2.05, 4.69) is 16.1 Å². The van der Waals surface area contributed by atoms with Gasteiger partial charge in [0.2, 0.25) is 0 Å². The summed E-state index contributed by atoms with van der Waals surface area (Å²) in [4.78, 5) is 14.2. The third-order valence-electron chi connectivity index (χ3n) is 5.96. The van der Waals surface area contributed by atoms with Gasteiger partial charge in [0.1, 0.15) is 16.4 Å². The van der Waals surface area contributed by atoms with Gasteiger partial charge in [-0.05, 0) is 43.0 Å². The van der Waals surface area contributed by atoms with E-state index >= 15 is 0 Å². The number of hydrogen-bond donors (Lipinski definition) is 1. The first kappa shape index (κ1) is 21.2. The first-order valence-corrected chi connectivity index (χ1v) is 12.3. The van der Waals surface area contributed by atoms with Gasteiger partial charge in [-0.3, -0.25) is 9.67 Å². The van der Waals surface area contributed by atoms with Crippen molar-refractivity contribution in [3.63, 3.8) is 0 Å². The Hall–Kier alpha value is -2.64.